The van der Waals surface area contributed by atoms with Gasteiger partial charge in [0.05, 0.1) is 0 Å². The first-order valence-corrected chi connectivity index (χ1v) is 5.16. The van der Waals surface area contributed by atoms with Gasteiger partial charge >= 0.3 is 13.1 Å². The highest BCUT2D eigenvalue weighted by atomic mass is 16.4. The molecule has 1 aromatic rings. The molecule has 0 spiro atoms. The number of carbonyl (C=O) groups is 2. The SMILES string of the molecule is CCNC(=O)Nc1cc(C(N)=O)c(B(O)O)cn1. The molecule has 1 aromatic heterocycles. The molecule has 0 saturated carbocycles. The topological polar surface area (TPSA) is 138 Å². The zero-order valence-electron chi connectivity index (χ0n) is 9.67. The minimum atomic E-state index is -1.86. The summed E-state index contributed by atoms with van der Waals surface area (Å²) in [6.07, 6.45) is 1.06. The van der Waals surface area contributed by atoms with Gasteiger partial charge in [-0.1, -0.05) is 0 Å². The van der Waals surface area contributed by atoms with Gasteiger partial charge < -0.3 is 21.1 Å². The average Bonchev–Trinajstić information content (AvgIpc) is 2.28. The highest BCUT2D eigenvalue weighted by Crippen LogP contribution is 2.05. The summed E-state index contributed by atoms with van der Waals surface area (Å²) < 4.78 is 0. The fourth-order valence-corrected chi connectivity index (χ4v) is 1.27. The third kappa shape index (κ3) is 3.44. The van der Waals surface area contributed by atoms with E-state index < -0.39 is 19.1 Å². The third-order valence-corrected chi connectivity index (χ3v) is 2.06. The van der Waals surface area contributed by atoms with Gasteiger partial charge in [0, 0.05) is 23.8 Å². The van der Waals surface area contributed by atoms with Crippen LogP contribution < -0.4 is 21.8 Å². The van der Waals surface area contributed by atoms with Gasteiger partial charge in [0.25, 0.3) is 0 Å². The van der Waals surface area contributed by atoms with Gasteiger partial charge in [0.15, 0.2) is 0 Å². The minimum Gasteiger partial charge on any atom is -0.423 e. The number of urea groups is 1. The lowest BCUT2D eigenvalue weighted by Crippen LogP contribution is -2.37. The van der Waals surface area contributed by atoms with E-state index in [1.807, 2.05) is 0 Å². The van der Waals surface area contributed by atoms with Crippen LogP contribution in [0.3, 0.4) is 0 Å². The summed E-state index contributed by atoms with van der Waals surface area (Å²) in [5.41, 5.74) is 4.85. The van der Waals surface area contributed by atoms with Crippen molar-refractivity contribution < 1.29 is 19.6 Å². The Morgan fingerprint density at radius 1 is 1.50 bits per heavy atom. The predicted octanol–water partition coefficient (Wildman–Crippen LogP) is -2.00. The van der Waals surface area contributed by atoms with Crippen LogP contribution in [0.25, 0.3) is 0 Å². The molecule has 0 saturated heterocycles. The number of nitrogens with two attached hydrogens (primary N) is 1. The summed E-state index contributed by atoms with van der Waals surface area (Å²) >= 11 is 0. The summed E-state index contributed by atoms with van der Waals surface area (Å²) in [6.45, 7) is 2.18. The van der Waals surface area contributed by atoms with Crippen LogP contribution in [0.2, 0.25) is 0 Å². The third-order valence-electron chi connectivity index (χ3n) is 2.06. The van der Waals surface area contributed by atoms with Gasteiger partial charge in [0.1, 0.15) is 5.82 Å². The highest BCUT2D eigenvalue weighted by molar-refractivity contribution is 6.60. The van der Waals surface area contributed by atoms with E-state index >= 15 is 0 Å². The van der Waals surface area contributed by atoms with Crippen LogP contribution in [0.4, 0.5) is 10.6 Å². The van der Waals surface area contributed by atoms with E-state index in [-0.39, 0.29) is 16.8 Å². The molecule has 0 radical (unpaired) electrons. The zero-order chi connectivity index (χ0) is 13.7. The molecule has 6 N–H and O–H groups in total. The van der Waals surface area contributed by atoms with Crippen molar-refractivity contribution in [2.45, 2.75) is 6.92 Å². The number of hydrogen-bond donors (Lipinski definition) is 5. The first-order valence-electron chi connectivity index (χ1n) is 5.16. The first-order chi connectivity index (χ1) is 8.45. The van der Waals surface area contributed by atoms with Gasteiger partial charge in [-0.05, 0) is 13.0 Å². The molecular weight excluding hydrogens is 239 g/mol. The molecule has 0 atom stereocenters. The zero-order valence-corrected chi connectivity index (χ0v) is 9.67. The van der Waals surface area contributed by atoms with Crippen molar-refractivity contribution in [3.8, 4) is 0 Å². The Morgan fingerprint density at radius 2 is 2.17 bits per heavy atom. The van der Waals surface area contributed by atoms with Crippen molar-refractivity contribution in [3.05, 3.63) is 17.8 Å². The maximum atomic E-state index is 11.2. The largest absolute Gasteiger partial charge is 0.490 e. The Kier molecular flexibility index (Phi) is 4.63. The predicted molar refractivity (Wildman–Crippen MR) is 65.3 cm³/mol. The van der Waals surface area contributed by atoms with Crippen molar-refractivity contribution in [1.29, 1.82) is 0 Å². The first kappa shape index (κ1) is 13.9. The van der Waals surface area contributed by atoms with Crippen molar-refractivity contribution in [2.24, 2.45) is 5.73 Å². The number of amides is 3. The lowest BCUT2D eigenvalue weighted by atomic mass is 9.78. The summed E-state index contributed by atoms with van der Waals surface area (Å²) in [6, 6.07) is 0.685. The van der Waals surface area contributed by atoms with Crippen LogP contribution in [0.5, 0.6) is 0 Å². The smallest absolute Gasteiger partial charge is 0.423 e. The monoisotopic (exact) mass is 252 g/mol. The Bertz CT molecular complexity index is 466. The van der Waals surface area contributed by atoms with Crippen LogP contribution in [0.15, 0.2) is 12.3 Å². The molecule has 3 amide bonds. The second kappa shape index (κ2) is 5.98. The van der Waals surface area contributed by atoms with E-state index in [9.17, 15) is 9.59 Å². The van der Waals surface area contributed by atoms with Gasteiger partial charge in [-0.3, -0.25) is 10.1 Å². The maximum Gasteiger partial charge on any atom is 0.490 e. The van der Waals surface area contributed by atoms with Crippen LogP contribution in [-0.4, -0.2) is 40.6 Å². The Labute approximate surface area is 103 Å². The molecule has 1 heterocycles. The number of rotatable bonds is 4. The molecule has 0 aliphatic rings. The van der Waals surface area contributed by atoms with E-state index in [4.69, 9.17) is 15.8 Å². The Hall–Kier alpha value is -2.13. The average molecular weight is 252 g/mol. The lowest BCUT2D eigenvalue weighted by Gasteiger charge is -2.09. The molecule has 0 bridgehead atoms. The number of nitrogens with zero attached hydrogens (tertiary/aromatic N) is 1. The number of pyridine rings is 1. The van der Waals surface area contributed by atoms with E-state index in [0.29, 0.717) is 6.54 Å². The number of anilines is 1. The number of nitrogens with one attached hydrogen (secondary N) is 2. The molecule has 8 nitrogen and oxygen atoms in total. The Balaban J connectivity index is 3.00. The lowest BCUT2D eigenvalue weighted by molar-refractivity contribution is 0.100. The molecule has 0 aromatic carbocycles. The van der Waals surface area contributed by atoms with E-state index in [2.05, 4.69) is 15.6 Å². The van der Waals surface area contributed by atoms with Crippen molar-refractivity contribution in [2.75, 3.05) is 11.9 Å². The fourth-order valence-electron chi connectivity index (χ4n) is 1.27. The normalized spacial score (nSPS) is 9.72. The van der Waals surface area contributed by atoms with Gasteiger partial charge in [-0.25, -0.2) is 9.78 Å². The molecule has 0 fully saturated rings. The van der Waals surface area contributed by atoms with Crippen molar-refractivity contribution in [3.63, 3.8) is 0 Å². The molecule has 1 rings (SSSR count). The summed E-state index contributed by atoms with van der Waals surface area (Å²) in [7, 11) is -1.86. The highest BCUT2D eigenvalue weighted by Gasteiger charge is 2.20. The molecular formula is C9H13BN4O4. The number of primary amides is 1. The van der Waals surface area contributed by atoms with Crippen LogP contribution >= 0.6 is 0 Å². The number of aromatic nitrogens is 1. The van der Waals surface area contributed by atoms with E-state index in [0.717, 1.165) is 6.20 Å². The van der Waals surface area contributed by atoms with E-state index in [1.165, 1.54) is 6.07 Å². The molecule has 0 unspecified atom stereocenters. The quantitative estimate of drug-likeness (QED) is 0.394. The van der Waals surface area contributed by atoms with Gasteiger partial charge in [-0.2, -0.15) is 0 Å². The van der Waals surface area contributed by atoms with Gasteiger partial charge in [-0.15, -0.1) is 0 Å². The van der Waals surface area contributed by atoms with Crippen LogP contribution in [-0.2, 0) is 0 Å². The number of carbonyl (C=O) groups excluding carboxylic acids is 2. The van der Waals surface area contributed by atoms with Crippen molar-refractivity contribution >= 4 is 30.3 Å². The van der Waals surface area contributed by atoms with E-state index in [1.54, 1.807) is 6.92 Å². The molecule has 0 aliphatic heterocycles. The number of hydrogen-bond acceptors (Lipinski definition) is 5. The minimum absolute atomic E-state index is 0.0825. The van der Waals surface area contributed by atoms with Crippen LogP contribution in [0, 0.1) is 0 Å². The second-order valence-corrected chi connectivity index (χ2v) is 3.38. The van der Waals surface area contributed by atoms with Crippen LogP contribution in [0.1, 0.15) is 17.3 Å². The fraction of sp³-hybridized carbons (Fsp3) is 0.222. The Morgan fingerprint density at radius 3 is 2.67 bits per heavy atom. The summed E-state index contributed by atoms with van der Waals surface area (Å²) in [4.78, 5) is 26.1. The van der Waals surface area contributed by atoms with Crippen molar-refractivity contribution in [1.82, 2.24) is 10.3 Å². The molecule has 18 heavy (non-hydrogen) atoms. The summed E-state index contributed by atoms with van der Waals surface area (Å²) in [5, 5.41) is 22.9. The molecule has 0 aliphatic carbocycles. The molecule has 9 heteroatoms. The second-order valence-electron chi connectivity index (χ2n) is 3.38. The maximum absolute atomic E-state index is 11.2. The van der Waals surface area contributed by atoms with Gasteiger partial charge in [0.2, 0.25) is 5.91 Å². The summed E-state index contributed by atoms with van der Waals surface area (Å²) in [5.74, 6) is -0.765. The standard InChI is InChI=1S/C9H13BN4O4/c1-2-12-9(16)14-7-3-5(8(11)15)6(4-13-7)10(17)18/h3-4,17-18H,2H2,1H3,(H2,11,15)(H2,12,13,14,16). The molecule has 96 valence electrons.